The van der Waals surface area contributed by atoms with Crippen molar-refractivity contribution in [3.63, 3.8) is 0 Å². The predicted molar refractivity (Wildman–Crippen MR) is 101 cm³/mol. The van der Waals surface area contributed by atoms with Crippen LogP contribution in [0.25, 0.3) is 0 Å². The fourth-order valence-corrected chi connectivity index (χ4v) is 3.57. The molecule has 1 N–H and O–H groups in total. The van der Waals surface area contributed by atoms with Crippen LogP contribution in [0.2, 0.25) is 5.02 Å². The van der Waals surface area contributed by atoms with Gasteiger partial charge in [-0.1, -0.05) is 36.7 Å². The first kappa shape index (κ1) is 20.2. The highest BCUT2D eigenvalue weighted by Gasteiger charge is 2.21. The zero-order valence-corrected chi connectivity index (χ0v) is 16.1. The lowest BCUT2D eigenvalue weighted by atomic mass is 10.2. The van der Waals surface area contributed by atoms with Crippen LogP contribution in [0, 0.1) is 0 Å². The number of amides is 1. The maximum Gasteiger partial charge on any atom is 0.257 e. The summed E-state index contributed by atoms with van der Waals surface area (Å²) in [6, 6.07) is 11.0. The van der Waals surface area contributed by atoms with Gasteiger partial charge < -0.3 is 14.8 Å². The van der Waals surface area contributed by atoms with E-state index in [4.69, 9.17) is 21.1 Å². The molecular formula is C18H20ClNO5S. The van der Waals surface area contributed by atoms with Gasteiger partial charge in [-0.2, -0.15) is 0 Å². The van der Waals surface area contributed by atoms with Gasteiger partial charge in [0.25, 0.3) is 5.91 Å². The molecule has 0 heterocycles. The van der Waals surface area contributed by atoms with E-state index in [1.54, 1.807) is 37.4 Å². The number of nitrogens with one attached hydrogen (secondary N) is 1. The molecular weight excluding hydrogens is 378 g/mol. The Morgan fingerprint density at radius 3 is 2.54 bits per heavy atom. The Labute approximate surface area is 158 Å². The van der Waals surface area contributed by atoms with Gasteiger partial charge in [-0.05, 0) is 24.3 Å². The lowest BCUT2D eigenvalue weighted by Gasteiger charge is -2.15. The van der Waals surface area contributed by atoms with E-state index >= 15 is 0 Å². The minimum Gasteiger partial charge on any atom is -0.487 e. The number of hydrogen-bond donors (Lipinski definition) is 1. The normalized spacial score (nSPS) is 11.2. The van der Waals surface area contributed by atoms with E-state index in [0.29, 0.717) is 23.1 Å². The molecule has 6 nitrogen and oxygen atoms in total. The quantitative estimate of drug-likeness (QED) is 0.690. The second kappa shape index (κ2) is 9.02. The maximum atomic E-state index is 12.7. The molecule has 26 heavy (non-hydrogen) atoms. The Balaban J connectivity index is 2.33. The van der Waals surface area contributed by atoms with Gasteiger partial charge in [-0.15, -0.1) is 0 Å². The van der Waals surface area contributed by atoms with E-state index in [1.807, 2.05) is 0 Å². The third-order valence-electron chi connectivity index (χ3n) is 3.60. The summed E-state index contributed by atoms with van der Waals surface area (Å²) in [5.41, 5.74) is 0.416. The average Bonchev–Trinajstić information content (AvgIpc) is 2.64. The zero-order chi connectivity index (χ0) is 19.2. The van der Waals surface area contributed by atoms with Crippen molar-refractivity contribution in [3.05, 3.63) is 53.1 Å². The van der Waals surface area contributed by atoms with Crippen LogP contribution in [-0.2, 0) is 14.6 Å². The molecule has 0 saturated carbocycles. The van der Waals surface area contributed by atoms with Crippen molar-refractivity contribution in [2.75, 3.05) is 31.4 Å². The van der Waals surface area contributed by atoms with Crippen LogP contribution in [0.3, 0.4) is 0 Å². The van der Waals surface area contributed by atoms with Crippen LogP contribution in [-0.4, -0.2) is 40.4 Å². The van der Waals surface area contributed by atoms with E-state index < -0.39 is 15.7 Å². The molecule has 2 aromatic rings. The average molecular weight is 398 g/mol. The van der Waals surface area contributed by atoms with E-state index in [2.05, 4.69) is 5.32 Å². The number of hydrogen-bond acceptors (Lipinski definition) is 5. The highest BCUT2D eigenvalue weighted by Crippen LogP contribution is 2.33. The summed E-state index contributed by atoms with van der Waals surface area (Å²) in [6.07, 6.45) is 0. The van der Waals surface area contributed by atoms with Crippen LogP contribution in [0.15, 0.2) is 47.4 Å². The molecule has 1 amide bonds. The second-order valence-electron chi connectivity index (χ2n) is 5.31. The van der Waals surface area contributed by atoms with E-state index in [-0.39, 0.29) is 22.8 Å². The van der Waals surface area contributed by atoms with Gasteiger partial charge in [0.15, 0.2) is 15.6 Å². The number of halogens is 1. The van der Waals surface area contributed by atoms with E-state index in [1.165, 1.54) is 19.1 Å². The predicted octanol–water partition coefficient (Wildman–Crippen LogP) is 3.41. The highest BCUT2D eigenvalue weighted by molar-refractivity contribution is 7.91. The molecule has 0 aliphatic rings. The number of methoxy groups -OCH3 is 1. The van der Waals surface area contributed by atoms with Gasteiger partial charge in [0.05, 0.1) is 33.5 Å². The first-order valence-corrected chi connectivity index (χ1v) is 9.97. The SMILES string of the molecule is CCS(=O)(=O)c1ccccc1C(=O)Nc1cccc(Cl)c1OCCOC. The summed E-state index contributed by atoms with van der Waals surface area (Å²) in [5.74, 6) is -0.355. The van der Waals surface area contributed by atoms with Gasteiger partial charge in [0.2, 0.25) is 0 Å². The van der Waals surface area contributed by atoms with Gasteiger partial charge in [0, 0.05) is 7.11 Å². The fourth-order valence-electron chi connectivity index (χ4n) is 2.25. The van der Waals surface area contributed by atoms with Crippen LogP contribution in [0.4, 0.5) is 5.69 Å². The molecule has 0 aromatic heterocycles. The minimum atomic E-state index is -3.54. The van der Waals surface area contributed by atoms with E-state index in [9.17, 15) is 13.2 Å². The molecule has 2 rings (SSSR count). The van der Waals surface area contributed by atoms with Crippen molar-refractivity contribution in [1.29, 1.82) is 0 Å². The van der Waals surface area contributed by atoms with Crippen molar-refractivity contribution in [3.8, 4) is 5.75 Å². The molecule has 0 saturated heterocycles. The molecule has 0 atom stereocenters. The first-order chi connectivity index (χ1) is 12.4. The number of benzene rings is 2. The first-order valence-electron chi connectivity index (χ1n) is 7.94. The van der Waals surface area contributed by atoms with Crippen molar-refractivity contribution in [2.45, 2.75) is 11.8 Å². The summed E-state index contributed by atoms with van der Waals surface area (Å²) in [5, 5.41) is 3.00. The van der Waals surface area contributed by atoms with Crippen molar-refractivity contribution in [1.82, 2.24) is 0 Å². The Morgan fingerprint density at radius 1 is 1.12 bits per heavy atom. The largest absolute Gasteiger partial charge is 0.487 e. The summed E-state index contributed by atoms with van der Waals surface area (Å²) in [6.45, 7) is 2.14. The van der Waals surface area contributed by atoms with Gasteiger partial charge in [-0.25, -0.2) is 8.42 Å². The molecule has 0 aliphatic carbocycles. The number of carbonyl (C=O) groups is 1. The highest BCUT2D eigenvalue weighted by atomic mass is 35.5. The van der Waals surface area contributed by atoms with Crippen molar-refractivity contribution in [2.24, 2.45) is 0 Å². The third-order valence-corrected chi connectivity index (χ3v) is 5.68. The third kappa shape index (κ3) is 4.75. The maximum absolute atomic E-state index is 12.7. The molecule has 140 valence electrons. The molecule has 0 fully saturated rings. The van der Waals surface area contributed by atoms with Crippen LogP contribution in [0.5, 0.6) is 5.75 Å². The molecule has 2 aromatic carbocycles. The van der Waals surface area contributed by atoms with Crippen molar-refractivity contribution >= 4 is 33.0 Å². The van der Waals surface area contributed by atoms with E-state index in [0.717, 1.165) is 0 Å². The van der Waals surface area contributed by atoms with Crippen LogP contribution in [0.1, 0.15) is 17.3 Å². The zero-order valence-electron chi connectivity index (χ0n) is 14.5. The van der Waals surface area contributed by atoms with Gasteiger partial charge >= 0.3 is 0 Å². The van der Waals surface area contributed by atoms with Crippen molar-refractivity contribution < 1.29 is 22.7 Å². The number of rotatable bonds is 8. The summed E-state index contributed by atoms with van der Waals surface area (Å²) >= 11 is 6.15. The number of sulfone groups is 1. The molecule has 0 bridgehead atoms. The minimum absolute atomic E-state index is 0.0103. The topological polar surface area (TPSA) is 81.7 Å². The number of ether oxygens (including phenoxy) is 2. The molecule has 0 unspecified atom stereocenters. The lowest BCUT2D eigenvalue weighted by molar-refractivity contribution is 0.102. The molecule has 8 heteroatoms. The standard InChI is InChI=1S/C18H20ClNO5S/c1-3-26(22,23)16-10-5-4-7-13(16)18(21)20-15-9-6-8-14(19)17(15)25-12-11-24-2/h4-10H,3,11-12H2,1-2H3,(H,20,21). The number of carbonyl (C=O) groups excluding carboxylic acids is 1. The Bertz CT molecular complexity index is 883. The summed E-state index contributed by atoms with van der Waals surface area (Å²) in [4.78, 5) is 12.7. The molecule has 0 radical (unpaired) electrons. The monoisotopic (exact) mass is 397 g/mol. The number of anilines is 1. The lowest BCUT2D eigenvalue weighted by Crippen LogP contribution is -2.18. The van der Waals surface area contributed by atoms with Crippen LogP contribution >= 0.6 is 11.6 Å². The Morgan fingerprint density at radius 2 is 1.85 bits per heavy atom. The Kier molecular flexibility index (Phi) is 7.02. The summed E-state index contributed by atoms with van der Waals surface area (Å²) < 4.78 is 35.0. The summed E-state index contributed by atoms with van der Waals surface area (Å²) in [7, 11) is -1.99. The molecule has 0 spiro atoms. The second-order valence-corrected chi connectivity index (χ2v) is 7.97. The smallest absolute Gasteiger partial charge is 0.257 e. The number of para-hydroxylation sites is 1. The van der Waals surface area contributed by atoms with Crippen LogP contribution < -0.4 is 10.1 Å². The van der Waals surface area contributed by atoms with Gasteiger partial charge in [0.1, 0.15) is 6.61 Å². The molecule has 0 aliphatic heterocycles. The van der Waals surface area contributed by atoms with Gasteiger partial charge in [-0.3, -0.25) is 4.79 Å². The fraction of sp³-hybridized carbons (Fsp3) is 0.278. The Hall–Kier alpha value is -2.09.